The second kappa shape index (κ2) is 10.4. The lowest BCUT2D eigenvalue weighted by molar-refractivity contribution is 0.0694. The number of nitrogens with one attached hydrogen (secondary N) is 1. The number of anilines is 2. The first-order valence-electron chi connectivity index (χ1n) is 13.9. The number of carboxylic acids is 1. The van der Waals surface area contributed by atoms with Crippen LogP contribution in [0, 0.1) is 5.82 Å². The van der Waals surface area contributed by atoms with Crippen LogP contribution in [0.3, 0.4) is 0 Å². The fourth-order valence-electron chi connectivity index (χ4n) is 6.20. The molecule has 4 aromatic rings. The summed E-state index contributed by atoms with van der Waals surface area (Å²) in [5.41, 5.74) is 5.81. The van der Waals surface area contributed by atoms with Crippen LogP contribution in [0.2, 0.25) is 0 Å². The van der Waals surface area contributed by atoms with Crippen LogP contribution in [0.1, 0.15) is 21.6 Å². The second-order valence-corrected chi connectivity index (χ2v) is 10.5. The molecule has 3 aliphatic rings. The minimum Gasteiger partial charge on any atom is -0.477 e. The maximum Gasteiger partial charge on any atom is 0.341 e. The Kier molecular flexibility index (Phi) is 6.51. The zero-order valence-electron chi connectivity index (χ0n) is 23.0. The van der Waals surface area contributed by atoms with Gasteiger partial charge in [0.15, 0.2) is 5.65 Å². The third kappa shape index (κ3) is 4.25. The summed E-state index contributed by atoms with van der Waals surface area (Å²) in [7, 11) is 1.77. The molecule has 0 spiro atoms. The Morgan fingerprint density at radius 1 is 1.00 bits per heavy atom. The number of nitrogens with zero attached hydrogens (tertiary/aromatic N) is 5. The van der Waals surface area contributed by atoms with E-state index in [2.05, 4.69) is 10.2 Å². The molecule has 11 nitrogen and oxygen atoms in total. The Balaban J connectivity index is 1.46. The smallest absolute Gasteiger partial charge is 0.341 e. The van der Waals surface area contributed by atoms with Gasteiger partial charge in [0.1, 0.15) is 11.4 Å². The van der Waals surface area contributed by atoms with E-state index in [1.807, 2.05) is 5.01 Å². The first-order chi connectivity index (χ1) is 20.4. The van der Waals surface area contributed by atoms with Gasteiger partial charge in [-0.15, -0.1) is 0 Å². The van der Waals surface area contributed by atoms with Crippen molar-refractivity contribution in [1.82, 2.24) is 14.6 Å². The van der Waals surface area contributed by atoms with Gasteiger partial charge in [-0.1, -0.05) is 0 Å². The van der Waals surface area contributed by atoms with Crippen molar-refractivity contribution in [1.29, 1.82) is 0 Å². The van der Waals surface area contributed by atoms with Crippen LogP contribution in [-0.4, -0.2) is 85.4 Å². The summed E-state index contributed by atoms with van der Waals surface area (Å²) < 4.78 is 27.6. The van der Waals surface area contributed by atoms with Crippen LogP contribution in [0.5, 0.6) is 0 Å². The molecule has 0 bridgehead atoms. The molecule has 3 aromatic heterocycles. The number of pyridine rings is 3. The van der Waals surface area contributed by atoms with Crippen LogP contribution in [0.25, 0.3) is 33.3 Å². The van der Waals surface area contributed by atoms with Gasteiger partial charge in [0.2, 0.25) is 5.43 Å². The van der Waals surface area contributed by atoms with Gasteiger partial charge in [0, 0.05) is 67.5 Å². The molecular weight excluding hydrogens is 543 g/mol. The molecule has 1 aliphatic carbocycles. The van der Waals surface area contributed by atoms with Gasteiger partial charge in [-0.2, -0.15) is 0 Å². The maximum atomic E-state index is 14.8. The molecule has 12 heteroatoms. The molecule has 42 heavy (non-hydrogen) atoms. The van der Waals surface area contributed by atoms with Gasteiger partial charge in [-0.05, 0) is 29.3 Å². The molecule has 2 saturated heterocycles. The van der Waals surface area contributed by atoms with E-state index in [0.717, 1.165) is 39.3 Å². The zero-order chi connectivity index (χ0) is 29.0. The van der Waals surface area contributed by atoms with Crippen molar-refractivity contribution in [2.45, 2.75) is 6.42 Å². The molecule has 2 aliphatic heterocycles. The molecule has 5 heterocycles. The van der Waals surface area contributed by atoms with Crippen molar-refractivity contribution in [3.8, 4) is 22.3 Å². The van der Waals surface area contributed by atoms with E-state index < -0.39 is 11.4 Å². The van der Waals surface area contributed by atoms with E-state index in [1.54, 1.807) is 36.3 Å². The van der Waals surface area contributed by atoms with Crippen molar-refractivity contribution < 1.29 is 23.8 Å². The summed E-state index contributed by atoms with van der Waals surface area (Å²) in [5, 5.41) is 15.1. The molecule has 0 radical (unpaired) electrons. The lowest BCUT2D eigenvalue weighted by Gasteiger charge is -2.33. The average molecular weight is 573 g/mol. The number of carboxylic acid groups (broad SMARTS) is 1. The number of aromatic nitrogens is 3. The first kappa shape index (κ1) is 26.4. The third-order valence-electron chi connectivity index (χ3n) is 8.21. The van der Waals surface area contributed by atoms with Crippen molar-refractivity contribution in [3.05, 3.63) is 69.7 Å². The van der Waals surface area contributed by atoms with Gasteiger partial charge >= 0.3 is 5.97 Å². The summed E-state index contributed by atoms with van der Waals surface area (Å²) in [4.78, 5) is 37.3. The third-order valence-corrected chi connectivity index (χ3v) is 8.21. The summed E-state index contributed by atoms with van der Waals surface area (Å²) in [6.45, 7) is 4.35. The van der Waals surface area contributed by atoms with E-state index in [4.69, 9.17) is 19.4 Å². The van der Waals surface area contributed by atoms with Crippen molar-refractivity contribution >= 4 is 28.4 Å². The Bertz CT molecular complexity index is 1800. The predicted molar refractivity (Wildman–Crippen MR) is 156 cm³/mol. The van der Waals surface area contributed by atoms with Crippen LogP contribution >= 0.6 is 0 Å². The largest absolute Gasteiger partial charge is 0.477 e. The van der Waals surface area contributed by atoms with Gasteiger partial charge < -0.3 is 29.8 Å². The van der Waals surface area contributed by atoms with Crippen LogP contribution in [0.4, 0.5) is 15.8 Å². The van der Waals surface area contributed by atoms with E-state index in [0.29, 0.717) is 70.2 Å². The van der Waals surface area contributed by atoms with Crippen LogP contribution < -0.4 is 20.7 Å². The fourth-order valence-corrected chi connectivity index (χ4v) is 6.20. The molecule has 0 unspecified atom stereocenters. The normalized spacial score (nSPS) is 16.4. The van der Waals surface area contributed by atoms with Gasteiger partial charge in [0.25, 0.3) is 0 Å². The molecular formula is C30H29FN6O5. The van der Waals surface area contributed by atoms with Crippen molar-refractivity contribution in [3.63, 3.8) is 0 Å². The van der Waals surface area contributed by atoms with E-state index >= 15 is 0 Å². The number of benzene rings is 1. The number of ether oxygens (including phenoxy) is 2. The predicted octanol–water partition coefficient (Wildman–Crippen LogP) is 2.71. The summed E-state index contributed by atoms with van der Waals surface area (Å²) in [6, 6.07) is 4.74. The van der Waals surface area contributed by atoms with Crippen LogP contribution in [-0.2, 0) is 15.9 Å². The van der Waals surface area contributed by atoms with E-state index in [9.17, 15) is 19.1 Å². The standard InChI is InChI=1S/C30H29FN6O5/c1-32-24-12-18(31)11-20-19(24)13-25-26(20)27(35-2-6-41-7-3-35)22(15-33-25)17-10-21-28(38)23(30(39)40)16-37(29(21)34-14-17)36-4-8-42-9-5-36/h10-12,14-16,32H,2-9,13H2,1H3,(H,39,40). The second-order valence-electron chi connectivity index (χ2n) is 10.5. The Labute approximate surface area is 240 Å². The summed E-state index contributed by atoms with van der Waals surface area (Å²) in [5.74, 6) is -1.65. The highest BCUT2D eigenvalue weighted by Crippen LogP contribution is 2.48. The highest BCUT2D eigenvalue weighted by atomic mass is 19.1. The SMILES string of the molecule is CNc1cc(F)cc2c1Cc1ncc(-c3cnc4c(c3)c(=O)c(C(=O)O)cn4N3CCOCC3)c(N3CCOCC3)c1-2. The lowest BCUT2D eigenvalue weighted by Crippen LogP contribution is -2.45. The van der Waals surface area contributed by atoms with Gasteiger partial charge in [0.05, 0.1) is 56.3 Å². The molecule has 2 N–H and O–H groups in total. The Hall–Kier alpha value is -4.55. The monoisotopic (exact) mass is 572 g/mol. The number of fused-ring (bicyclic) bond motifs is 4. The number of aromatic carboxylic acids is 1. The minimum absolute atomic E-state index is 0.191. The highest BCUT2D eigenvalue weighted by molar-refractivity contribution is 5.98. The number of hydrogen-bond donors (Lipinski definition) is 2. The molecule has 1 aromatic carbocycles. The van der Waals surface area contributed by atoms with Gasteiger partial charge in [-0.3, -0.25) is 9.78 Å². The minimum atomic E-state index is -1.30. The maximum absolute atomic E-state index is 14.8. The summed E-state index contributed by atoms with van der Waals surface area (Å²) >= 11 is 0. The Morgan fingerprint density at radius 2 is 1.74 bits per heavy atom. The molecule has 2 fully saturated rings. The molecule has 216 valence electrons. The number of hydrogen-bond acceptors (Lipinski definition) is 9. The molecule has 0 atom stereocenters. The van der Waals surface area contributed by atoms with Gasteiger partial charge in [-0.25, -0.2) is 18.8 Å². The molecule has 0 saturated carbocycles. The van der Waals surface area contributed by atoms with E-state index in [1.165, 1.54) is 12.3 Å². The van der Waals surface area contributed by atoms with Crippen molar-refractivity contribution in [2.75, 3.05) is 74.9 Å². The number of carbonyl (C=O) groups is 1. The number of morpholine rings is 2. The quantitative estimate of drug-likeness (QED) is 0.325. The lowest BCUT2D eigenvalue weighted by atomic mass is 9.97. The molecule has 0 amide bonds. The molecule has 7 rings (SSSR count). The number of rotatable bonds is 5. The van der Waals surface area contributed by atoms with E-state index in [-0.39, 0.29) is 16.8 Å². The highest BCUT2D eigenvalue weighted by Gasteiger charge is 2.31. The topological polar surface area (TPSA) is 122 Å². The van der Waals surface area contributed by atoms with Crippen LogP contribution in [0.15, 0.2) is 41.6 Å². The zero-order valence-corrected chi connectivity index (χ0v) is 23.0. The Morgan fingerprint density at radius 3 is 2.45 bits per heavy atom. The fraction of sp³-hybridized carbons (Fsp3) is 0.333. The number of halogens is 1. The van der Waals surface area contributed by atoms with Crippen molar-refractivity contribution in [2.24, 2.45) is 0 Å². The average Bonchev–Trinajstić information content (AvgIpc) is 3.39. The summed E-state index contributed by atoms with van der Waals surface area (Å²) in [6.07, 6.45) is 5.36. The first-order valence-corrected chi connectivity index (χ1v) is 13.9.